The van der Waals surface area contributed by atoms with Gasteiger partial charge in [-0.25, -0.2) is 0 Å². The van der Waals surface area contributed by atoms with E-state index < -0.39 is 32.5 Å². The first-order chi connectivity index (χ1) is 31.5. The molecule has 0 aliphatic heterocycles. The molecule has 0 radical (unpaired) electrons. The van der Waals surface area contributed by atoms with Crippen molar-refractivity contribution in [1.29, 1.82) is 0 Å². The number of hydrogen-bond acceptors (Lipinski definition) is 8. The molecule has 0 N–H and O–H groups in total. The highest BCUT2D eigenvalue weighted by Gasteiger charge is 2.21. The SMILES string of the molecule is CC/C=C\C/C=C\C/C=C\C/C=C\C/C=C\C/C=C\C/C=C\CCCCCCCCCCCCCC(=O)OC(COC(=O)CCCCCCCCCC)COP(=O)([O-])OCC[N+](C)(C)C. The van der Waals surface area contributed by atoms with E-state index in [0.717, 1.165) is 89.9 Å². The van der Waals surface area contributed by atoms with E-state index in [-0.39, 0.29) is 26.1 Å². The van der Waals surface area contributed by atoms with Crippen molar-refractivity contribution in [2.75, 3.05) is 47.5 Å². The molecule has 0 rings (SSSR count). The van der Waals surface area contributed by atoms with Crippen molar-refractivity contribution < 1.29 is 42.1 Å². The lowest BCUT2D eigenvalue weighted by atomic mass is 10.0. The van der Waals surface area contributed by atoms with Gasteiger partial charge in [-0.1, -0.05) is 202 Å². The average Bonchev–Trinajstić information content (AvgIpc) is 3.26. The van der Waals surface area contributed by atoms with Gasteiger partial charge in [-0.3, -0.25) is 14.2 Å². The van der Waals surface area contributed by atoms with Crippen molar-refractivity contribution in [2.24, 2.45) is 0 Å². The Morgan fingerprint density at radius 1 is 0.492 bits per heavy atom. The first-order valence-corrected chi connectivity index (χ1v) is 27.3. The van der Waals surface area contributed by atoms with Crippen molar-refractivity contribution in [3.05, 3.63) is 85.1 Å². The molecule has 0 fully saturated rings. The predicted octanol–water partition coefficient (Wildman–Crippen LogP) is 14.9. The Morgan fingerprint density at radius 2 is 0.877 bits per heavy atom. The molecule has 0 saturated carbocycles. The molecule has 374 valence electrons. The molecule has 0 saturated heterocycles. The van der Waals surface area contributed by atoms with Gasteiger partial charge in [0.05, 0.1) is 27.7 Å². The van der Waals surface area contributed by atoms with Crippen molar-refractivity contribution in [2.45, 2.75) is 206 Å². The van der Waals surface area contributed by atoms with Gasteiger partial charge in [-0.2, -0.15) is 0 Å². The molecule has 0 spiro atoms. The molecule has 0 amide bonds. The summed E-state index contributed by atoms with van der Waals surface area (Å²) in [4.78, 5) is 37.5. The van der Waals surface area contributed by atoms with Gasteiger partial charge in [-0.05, 0) is 70.6 Å². The Labute approximate surface area is 399 Å². The van der Waals surface area contributed by atoms with Gasteiger partial charge >= 0.3 is 11.9 Å². The average molecular weight is 930 g/mol. The summed E-state index contributed by atoms with van der Waals surface area (Å²) < 4.78 is 33.9. The van der Waals surface area contributed by atoms with Crippen LogP contribution in [-0.4, -0.2) is 70.0 Å². The van der Waals surface area contributed by atoms with Crippen molar-refractivity contribution in [1.82, 2.24) is 0 Å². The summed E-state index contributed by atoms with van der Waals surface area (Å²) in [7, 11) is 1.16. The third-order valence-corrected chi connectivity index (χ3v) is 11.6. The van der Waals surface area contributed by atoms with Crippen LogP contribution in [0, 0.1) is 0 Å². The van der Waals surface area contributed by atoms with Gasteiger partial charge < -0.3 is 27.9 Å². The zero-order valence-corrected chi connectivity index (χ0v) is 43.0. The Balaban J connectivity index is 4.06. The fourth-order valence-electron chi connectivity index (χ4n) is 6.69. The van der Waals surface area contributed by atoms with Crippen LogP contribution in [0.1, 0.15) is 200 Å². The summed E-state index contributed by atoms with van der Waals surface area (Å²) in [6.45, 7) is 4.07. The van der Waals surface area contributed by atoms with Gasteiger partial charge in [0.15, 0.2) is 6.10 Å². The van der Waals surface area contributed by atoms with Gasteiger partial charge in [0.1, 0.15) is 19.8 Å². The number of unbranched alkanes of at least 4 members (excludes halogenated alkanes) is 18. The smallest absolute Gasteiger partial charge is 0.306 e. The highest BCUT2D eigenvalue weighted by Crippen LogP contribution is 2.38. The molecule has 0 aliphatic rings. The molecule has 0 aromatic rings. The molecule has 0 aromatic carbocycles. The molecule has 2 unspecified atom stereocenters. The van der Waals surface area contributed by atoms with E-state index in [4.69, 9.17) is 18.5 Å². The number of allylic oxidation sites excluding steroid dienone is 14. The number of carbonyl (C=O) groups is 2. The normalized spacial score (nSPS) is 14.1. The van der Waals surface area contributed by atoms with Crippen LogP contribution in [0.3, 0.4) is 0 Å². The van der Waals surface area contributed by atoms with Crippen LogP contribution in [0.4, 0.5) is 0 Å². The summed E-state index contributed by atoms with van der Waals surface area (Å²) in [5.41, 5.74) is 0. The lowest BCUT2D eigenvalue weighted by Gasteiger charge is -2.28. The zero-order valence-electron chi connectivity index (χ0n) is 42.2. The van der Waals surface area contributed by atoms with E-state index in [1.54, 1.807) is 0 Å². The van der Waals surface area contributed by atoms with Gasteiger partial charge in [0.25, 0.3) is 7.82 Å². The van der Waals surface area contributed by atoms with E-state index in [9.17, 15) is 19.0 Å². The molecule has 0 bridgehead atoms. The maximum atomic E-state index is 12.7. The molecule has 65 heavy (non-hydrogen) atoms. The van der Waals surface area contributed by atoms with Crippen LogP contribution >= 0.6 is 7.82 Å². The predicted molar refractivity (Wildman–Crippen MR) is 272 cm³/mol. The minimum Gasteiger partial charge on any atom is -0.756 e. The lowest BCUT2D eigenvalue weighted by Crippen LogP contribution is -2.37. The molecule has 2 atom stereocenters. The number of quaternary nitrogens is 1. The summed E-state index contributed by atoms with van der Waals surface area (Å²) in [5.74, 6) is -0.845. The Kier molecular flexibility index (Phi) is 44.3. The number of nitrogens with zero attached hydrogens (tertiary/aromatic N) is 1. The van der Waals surface area contributed by atoms with Gasteiger partial charge in [-0.15, -0.1) is 0 Å². The van der Waals surface area contributed by atoms with E-state index in [2.05, 4.69) is 98.9 Å². The number of likely N-dealkylation sites (N-methyl/N-ethyl adjacent to an activating group) is 1. The summed E-state index contributed by atoms with van der Waals surface area (Å²) in [6.07, 6.45) is 60.7. The highest BCUT2D eigenvalue weighted by molar-refractivity contribution is 7.45. The molecule has 10 heteroatoms. The second-order valence-corrected chi connectivity index (χ2v) is 19.6. The molecule has 0 heterocycles. The zero-order chi connectivity index (χ0) is 47.8. The van der Waals surface area contributed by atoms with Crippen LogP contribution < -0.4 is 4.89 Å². The maximum absolute atomic E-state index is 12.7. The molecule has 0 aromatic heterocycles. The van der Waals surface area contributed by atoms with Crippen LogP contribution in [0.25, 0.3) is 0 Å². The molecule has 0 aliphatic carbocycles. The first-order valence-electron chi connectivity index (χ1n) is 25.8. The van der Waals surface area contributed by atoms with Crippen LogP contribution in [0.15, 0.2) is 85.1 Å². The fourth-order valence-corrected chi connectivity index (χ4v) is 7.42. The highest BCUT2D eigenvalue weighted by atomic mass is 31.2. The Bertz CT molecular complexity index is 1380. The third-order valence-electron chi connectivity index (χ3n) is 10.7. The second kappa shape index (κ2) is 46.3. The fraction of sp³-hybridized carbons (Fsp3) is 0.709. The first kappa shape index (κ1) is 62.2. The molecule has 9 nitrogen and oxygen atoms in total. The summed E-state index contributed by atoms with van der Waals surface area (Å²) >= 11 is 0. The number of esters is 2. The van der Waals surface area contributed by atoms with E-state index in [1.807, 2.05) is 21.1 Å². The van der Waals surface area contributed by atoms with E-state index >= 15 is 0 Å². The Morgan fingerprint density at radius 3 is 1.31 bits per heavy atom. The second-order valence-electron chi connectivity index (χ2n) is 18.2. The number of ether oxygens (including phenoxy) is 2. The minimum atomic E-state index is -4.63. The summed E-state index contributed by atoms with van der Waals surface area (Å²) in [6, 6.07) is 0. The van der Waals surface area contributed by atoms with Gasteiger partial charge in [0.2, 0.25) is 0 Å². The molecular weight excluding hydrogens is 834 g/mol. The summed E-state index contributed by atoms with van der Waals surface area (Å²) in [5, 5.41) is 0. The number of phosphoric ester groups is 1. The van der Waals surface area contributed by atoms with E-state index in [0.29, 0.717) is 17.4 Å². The van der Waals surface area contributed by atoms with Crippen molar-refractivity contribution >= 4 is 19.8 Å². The van der Waals surface area contributed by atoms with Gasteiger partial charge in [0, 0.05) is 12.8 Å². The van der Waals surface area contributed by atoms with Crippen LogP contribution in [0.2, 0.25) is 0 Å². The quantitative estimate of drug-likeness (QED) is 0.0195. The number of carbonyl (C=O) groups excluding carboxylic acids is 2. The largest absolute Gasteiger partial charge is 0.756 e. The number of hydrogen-bond donors (Lipinski definition) is 0. The molecular formula is C55H96NO8P. The minimum absolute atomic E-state index is 0.0337. The Hall–Kier alpha value is -2.81. The van der Waals surface area contributed by atoms with Crippen LogP contribution in [-0.2, 0) is 32.7 Å². The number of rotatable bonds is 46. The third kappa shape index (κ3) is 50.4. The standard InChI is InChI=1S/C55H96NO8P/c1-6-8-10-12-14-16-17-18-19-20-21-22-23-24-25-26-27-28-29-30-31-32-33-34-35-36-37-38-39-40-42-44-46-48-55(58)64-53(52-63-65(59,60)62-50-49-56(3,4)5)51-61-54(57)47-45-43-41-15-13-11-9-7-2/h8,10,14,16,18-19,21-22,24-25,27-28,30-31,53H,6-7,9,11-13,15,17,20,23,26,29,32-52H2,1-5H3/b10-8-,16-14-,19-18-,22-21-,25-24-,28-27-,31-30-. The lowest BCUT2D eigenvalue weighted by molar-refractivity contribution is -0.870. The van der Waals surface area contributed by atoms with Crippen molar-refractivity contribution in [3.63, 3.8) is 0 Å². The number of phosphoric acid groups is 1. The monoisotopic (exact) mass is 930 g/mol. The topological polar surface area (TPSA) is 111 Å². The van der Waals surface area contributed by atoms with E-state index in [1.165, 1.54) is 77.0 Å². The maximum Gasteiger partial charge on any atom is 0.306 e. The van der Waals surface area contributed by atoms with Crippen LogP contribution in [0.5, 0.6) is 0 Å². The van der Waals surface area contributed by atoms with Crippen molar-refractivity contribution in [3.8, 4) is 0 Å².